The molecule has 5 heteroatoms. The number of para-hydroxylation sites is 1. The second-order valence-corrected chi connectivity index (χ2v) is 3.98. The molecule has 1 amide bonds. The lowest BCUT2D eigenvalue weighted by Crippen LogP contribution is -2.35. The molecular formula is C12H18FN3O. The average Bonchev–Trinajstić information content (AvgIpc) is 2.35. The van der Waals surface area contributed by atoms with Crippen molar-refractivity contribution in [2.45, 2.75) is 26.3 Å². The van der Waals surface area contributed by atoms with E-state index in [4.69, 9.17) is 5.84 Å². The fourth-order valence-electron chi connectivity index (χ4n) is 1.51. The fraction of sp³-hybridized carbons (Fsp3) is 0.417. The van der Waals surface area contributed by atoms with Crippen LogP contribution < -0.4 is 11.3 Å². The van der Waals surface area contributed by atoms with Crippen LogP contribution in [0.25, 0.3) is 0 Å². The quantitative estimate of drug-likeness (QED) is 0.624. The molecule has 0 radical (unpaired) electrons. The molecule has 0 heterocycles. The molecule has 1 aromatic rings. The summed E-state index contributed by atoms with van der Waals surface area (Å²) in [6, 6.07) is 4.40. The Morgan fingerprint density at radius 1 is 1.59 bits per heavy atom. The van der Waals surface area contributed by atoms with Gasteiger partial charge in [0.05, 0.1) is 11.3 Å². The molecule has 3 N–H and O–H groups in total. The first-order valence-electron chi connectivity index (χ1n) is 5.55. The number of nitrogens with two attached hydrogens (primary N) is 1. The van der Waals surface area contributed by atoms with E-state index in [9.17, 15) is 9.18 Å². The van der Waals surface area contributed by atoms with Crippen LogP contribution in [-0.4, -0.2) is 23.9 Å². The second-order valence-electron chi connectivity index (χ2n) is 3.98. The van der Waals surface area contributed by atoms with Crippen molar-refractivity contribution in [2.24, 2.45) is 5.84 Å². The summed E-state index contributed by atoms with van der Waals surface area (Å²) in [5.41, 5.74) is 2.51. The fourth-order valence-corrected chi connectivity index (χ4v) is 1.51. The third kappa shape index (κ3) is 2.74. The summed E-state index contributed by atoms with van der Waals surface area (Å²) in [7, 11) is 1.70. The zero-order chi connectivity index (χ0) is 13.0. The van der Waals surface area contributed by atoms with Crippen molar-refractivity contribution in [2.75, 3.05) is 12.5 Å². The van der Waals surface area contributed by atoms with E-state index in [1.807, 2.05) is 13.8 Å². The SMILES string of the molecule is CCC(C)N(C)C(=O)c1cccc(F)c1NN. The van der Waals surface area contributed by atoms with E-state index in [2.05, 4.69) is 5.43 Å². The maximum Gasteiger partial charge on any atom is 0.256 e. The van der Waals surface area contributed by atoms with Gasteiger partial charge >= 0.3 is 0 Å². The van der Waals surface area contributed by atoms with Crippen molar-refractivity contribution in [1.82, 2.24) is 4.90 Å². The molecule has 94 valence electrons. The van der Waals surface area contributed by atoms with Crippen LogP contribution in [-0.2, 0) is 0 Å². The number of hydrazine groups is 1. The lowest BCUT2D eigenvalue weighted by molar-refractivity contribution is 0.0741. The highest BCUT2D eigenvalue weighted by Crippen LogP contribution is 2.21. The standard InChI is InChI=1S/C12H18FN3O/c1-4-8(2)16(3)12(17)9-6-5-7-10(13)11(9)15-14/h5-8,15H,4,14H2,1-3H3. The Kier molecular flexibility index (Phi) is 4.45. The minimum Gasteiger partial charge on any atom is -0.339 e. The van der Waals surface area contributed by atoms with Crippen molar-refractivity contribution < 1.29 is 9.18 Å². The smallest absolute Gasteiger partial charge is 0.256 e. The molecule has 1 atom stereocenters. The molecule has 0 aliphatic rings. The molecule has 0 aliphatic heterocycles. The van der Waals surface area contributed by atoms with E-state index in [-0.39, 0.29) is 23.2 Å². The molecular weight excluding hydrogens is 221 g/mol. The number of benzene rings is 1. The Hall–Kier alpha value is -1.62. The maximum atomic E-state index is 13.4. The molecule has 17 heavy (non-hydrogen) atoms. The zero-order valence-corrected chi connectivity index (χ0v) is 10.3. The summed E-state index contributed by atoms with van der Waals surface area (Å²) in [5.74, 6) is 4.46. The summed E-state index contributed by atoms with van der Waals surface area (Å²) in [5, 5.41) is 0. The number of halogens is 1. The molecule has 0 spiro atoms. The van der Waals surface area contributed by atoms with E-state index in [1.54, 1.807) is 18.0 Å². The number of rotatable bonds is 4. The topological polar surface area (TPSA) is 58.4 Å². The first kappa shape index (κ1) is 13.4. The molecule has 1 unspecified atom stereocenters. The highest BCUT2D eigenvalue weighted by Gasteiger charge is 2.20. The highest BCUT2D eigenvalue weighted by atomic mass is 19.1. The first-order chi connectivity index (χ1) is 8.02. The third-order valence-corrected chi connectivity index (χ3v) is 2.96. The van der Waals surface area contributed by atoms with Gasteiger partial charge in [0.15, 0.2) is 0 Å². The van der Waals surface area contributed by atoms with E-state index in [0.29, 0.717) is 0 Å². The van der Waals surface area contributed by atoms with E-state index in [1.165, 1.54) is 12.1 Å². The molecule has 0 saturated carbocycles. The Morgan fingerprint density at radius 3 is 2.76 bits per heavy atom. The van der Waals surface area contributed by atoms with Gasteiger partial charge in [-0.2, -0.15) is 0 Å². The van der Waals surface area contributed by atoms with E-state index in [0.717, 1.165) is 6.42 Å². The van der Waals surface area contributed by atoms with Crippen LogP contribution >= 0.6 is 0 Å². The van der Waals surface area contributed by atoms with Gasteiger partial charge in [-0.25, -0.2) is 4.39 Å². The minimum atomic E-state index is -0.532. The minimum absolute atomic E-state index is 0.0349. The summed E-state index contributed by atoms with van der Waals surface area (Å²) >= 11 is 0. The number of nitrogens with zero attached hydrogens (tertiary/aromatic N) is 1. The average molecular weight is 239 g/mol. The Morgan fingerprint density at radius 2 is 2.24 bits per heavy atom. The van der Waals surface area contributed by atoms with Gasteiger partial charge in [0, 0.05) is 13.1 Å². The van der Waals surface area contributed by atoms with Crippen LogP contribution in [0.1, 0.15) is 30.6 Å². The van der Waals surface area contributed by atoms with Crippen LogP contribution in [0.2, 0.25) is 0 Å². The van der Waals surface area contributed by atoms with Crippen LogP contribution in [0.4, 0.5) is 10.1 Å². The molecule has 0 aromatic heterocycles. The monoisotopic (exact) mass is 239 g/mol. The number of anilines is 1. The lowest BCUT2D eigenvalue weighted by atomic mass is 10.1. The van der Waals surface area contributed by atoms with Crippen molar-refractivity contribution in [3.05, 3.63) is 29.6 Å². The molecule has 1 aromatic carbocycles. The number of nitrogens with one attached hydrogen (secondary N) is 1. The molecule has 0 fully saturated rings. The van der Waals surface area contributed by atoms with Gasteiger partial charge in [0.1, 0.15) is 5.82 Å². The number of amides is 1. The number of hydrogen-bond donors (Lipinski definition) is 2. The second kappa shape index (κ2) is 5.63. The van der Waals surface area contributed by atoms with Crippen molar-refractivity contribution >= 4 is 11.6 Å². The molecule has 0 aliphatic carbocycles. The van der Waals surface area contributed by atoms with E-state index >= 15 is 0 Å². The van der Waals surface area contributed by atoms with Crippen LogP contribution in [0.15, 0.2) is 18.2 Å². The van der Waals surface area contributed by atoms with Crippen LogP contribution in [0.3, 0.4) is 0 Å². The van der Waals surface area contributed by atoms with Crippen molar-refractivity contribution in [3.8, 4) is 0 Å². The van der Waals surface area contributed by atoms with E-state index < -0.39 is 5.82 Å². The highest BCUT2D eigenvalue weighted by molar-refractivity contribution is 5.99. The van der Waals surface area contributed by atoms with Gasteiger partial charge in [-0.3, -0.25) is 10.6 Å². The lowest BCUT2D eigenvalue weighted by Gasteiger charge is -2.24. The number of carbonyl (C=O) groups excluding carboxylic acids is 1. The Bertz CT molecular complexity index is 409. The predicted octanol–water partition coefficient (Wildman–Crippen LogP) is 1.98. The van der Waals surface area contributed by atoms with Crippen LogP contribution in [0.5, 0.6) is 0 Å². The third-order valence-electron chi connectivity index (χ3n) is 2.96. The van der Waals surface area contributed by atoms with Gasteiger partial charge in [0.2, 0.25) is 0 Å². The zero-order valence-electron chi connectivity index (χ0n) is 10.3. The normalized spacial score (nSPS) is 12.1. The Balaban J connectivity index is 3.08. The van der Waals surface area contributed by atoms with Crippen molar-refractivity contribution in [3.63, 3.8) is 0 Å². The summed E-state index contributed by atoms with van der Waals surface area (Å²) in [6.07, 6.45) is 0.836. The van der Waals surface area contributed by atoms with Gasteiger partial charge in [-0.15, -0.1) is 0 Å². The number of hydrogen-bond acceptors (Lipinski definition) is 3. The summed E-state index contributed by atoms with van der Waals surface area (Å²) in [4.78, 5) is 13.7. The summed E-state index contributed by atoms with van der Waals surface area (Å²) in [6.45, 7) is 3.93. The number of carbonyl (C=O) groups is 1. The van der Waals surface area contributed by atoms with Gasteiger partial charge in [-0.1, -0.05) is 13.0 Å². The number of nitrogen functional groups attached to an aromatic ring is 1. The van der Waals surface area contributed by atoms with Gasteiger partial charge in [0.25, 0.3) is 5.91 Å². The predicted molar refractivity (Wildman–Crippen MR) is 66.1 cm³/mol. The molecule has 4 nitrogen and oxygen atoms in total. The van der Waals surface area contributed by atoms with Gasteiger partial charge < -0.3 is 10.3 Å². The Labute approximate surface area is 101 Å². The molecule has 0 saturated heterocycles. The first-order valence-corrected chi connectivity index (χ1v) is 5.55. The molecule has 0 bridgehead atoms. The van der Waals surface area contributed by atoms with Gasteiger partial charge in [-0.05, 0) is 25.5 Å². The molecule has 1 rings (SSSR count). The largest absolute Gasteiger partial charge is 0.339 e. The van der Waals surface area contributed by atoms with Crippen LogP contribution in [0, 0.1) is 5.82 Å². The maximum absolute atomic E-state index is 13.4. The van der Waals surface area contributed by atoms with Crippen molar-refractivity contribution in [1.29, 1.82) is 0 Å². The summed E-state index contributed by atoms with van der Waals surface area (Å²) < 4.78 is 13.4.